The van der Waals surface area contributed by atoms with Crippen LogP contribution in [0.2, 0.25) is 0 Å². The van der Waals surface area contributed by atoms with Gasteiger partial charge >= 0.3 is 6.18 Å². The van der Waals surface area contributed by atoms with Gasteiger partial charge in [-0.3, -0.25) is 0 Å². The maximum Gasteiger partial charge on any atom is 0.416 e. The number of alkyl halides is 3. The molecule has 1 saturated heterocycles. The Bertz CT molecular complexity index is 508. The van der Waals surface area contributed by atoms with Crippen LogP contribution in [0.3, 0.4) is 0 Å². The largest absolute Gasteiger partial charge is 0.416 e. The molecule has 0 aliphatic carbocycles. The third-order valence-electron chi connectivity index (χ3n) is 4.26. The van der Waals surface area contributed by atoms with Crippen LogP contribution >= 0.6 is 0 Å². The second-order valence-corrected chi connectivity index (χ2v) is 6.47. The number of anilines is 2. The average molecular weight is 329 g/mol. The molecular weight excluding hydrogens is 303 g/mol. The Kier molecular flexibility index (Phi) is 5.79. The predicted molar refractivity (Wildman–Crippen MR) is 89.3 cm³/mol. The summed E-state index contributed by atoms with van der Waals surface area (Å²) in [5, 5.41) is 0. The fourth-order valence-electron chi connectivity index (χ4n) is 2.98. The number of halogens is 3. The fourth-order valence-corrected chi connectivity index (χ4v) is 2.98. The van der Waals surface area contributed by atoms with Gasteiger partial charge in [-0.05, 0) is 58.1 Å². The van der Waals surface area contributed by atoms with Crippen molar-refractivity contribution in [2.75, 3.05) is 57.1 Å². The summed E-state index contributed by atoms with van der Waals surface area (Å²) >= 11 is 0. The van der Waals surface area contributed by atoms with E-state index >= 15 is 0 Å². The van der Waals surface area contributed by atoms with E-state index in [0.717, 1.165) is 51.1 Å². The number of rotatable bonds is 6. The zero-order chi connectivity index (χ0) is 17.0. The molecule has 23 heavy (non-hydrogen) atoms. The van der Waals surface area contributed by atoms with E-state index in [-0.39, 0.29) is 0 Å². The van der Waals surface area contributed by atoms with E-state index in [1.54, 1.807) is 6.07 Å². The highest BCUT2D eigenvalue weighted by Crippen LogP contribution is 2.38. The van der Waals surface area contributed by atoms with Crippen molar-refractivity contribution >= 4 is 11.4 Å². The van der Waals surface area contributed by atoms with E-state index in [9.17, 15) is 13.2 Å². The molecule has 2 rings (SSSR count). The van der Waals surface area contributed by atoms with Gasteiger partial charge in [0.15, 0.2) is 0 Å². The smallest absolute Gasteiger partial charge is 0.373 e. The highest BCUT2D eigenvalue weighted by atomic mass is 19.4. The molecule has 1 aromatic carbocycles. The van der Waals surface area contributed by atoms with Gasteiger partial charge in [0.25, 0.3) is 0 Å². The van der Waals surface area contributed by atoms with Gasteiger partial charge in [-0.15, -0.1) is 0 Å². The maximum atomic E-state index is 13.0. The molecule has 1 aliphatic rings. The maximum absolute atomic E-state index is 13.0. The van der Waals surface area contributed by atoms with Gasteiger partial charge < -0.3 is 14.7 Å². The third kappa shape index (κ3) is 4.77. The molecule has 130 valence electrons. The van der Waals surface area contributed by atoms with E-state index in [0.29, 0.717) is 5.69 Å². The first-order valence-electron chi connectivity index (χ1n) is 8.11. The van der Waals surface area contributed by atoms with Gasteiger partial charge in [-0.2, -0.15) is 13.2 Å². The minimum Gasteiger partial charge on any atom is -0.373 e. The van der Waals surface area contributed by atoms with Crippen molar-refractivity contribution in [3.8, 4) is 0 Å². The van der Waals surface area contributed by atoms with E-state index in [2.05, 4.69) is 14.7 Å². The molecule has 0 unspecified atom stereocenters. The Morgan fingerprint density at radius 1 is 1.04 bits per heavy atom. The topological polar surface area (TPSA) is 9.72 Å². The summed E-state index contributed by atoms with van der Waals surface area (Å²) in [5.74, 6) is 0. The second kappa shape index (κ2) is 7.43. The molecule has 1 aromatic rings. The summed E-state index contributed by atoms with van der Waals surface area (Å²) < 4.78 is 39.1. The van der Waals surface area contributed by atoms with Gasteiger partial charge in [-0.25, -0.2) is 0 Å². The molecule has 3 nitrogen and oxygen atoms in total. The first kappa shape index (κ1) is 17.9. The van der Waals surface area contributed by atoms with Gasteiger partial charge in [0, 0.05) is 26.7 Å². The van der Waals surface area contributed by atoms with Gasteiger partial charge in [0.1, 0.15) is 0 Å². The minimum atomic E-state index is -4.30. The molecule has 1 aliphatic heterocycles. The van der Waals surface area contributed by atoms with Crippen molar-refractivity contribution in [1.82, 2.24) is 4.90 Å². The van der Waals surface area contributed by atoms with Crippen LogP contribution in [0.15, 0.2) is 18.2 Å². The molecule has 1 heterocycles. The van der Waals surface area contributed by atoms with Crippen molar-refractivity contribution < 1.29 is 13.2 Å². The van der Waals surface area contributed by atoms with E-state index in [1.807, 2.05) is 21.1 Å². The quantitative estimate of drug-likeness (QED) is 0.788. The first-order chi connectivity index (χ1) is 10.8. The Labute approximate surface area is 136 Å². The number of nitrogens with zero attached hydrogens (tertiary/aromatic N) is 3. The Morgan fingerprint density at radius 2 is 1.70 bits per heavy atom. The molecule has 6 heteroatoms. The minimum absolute atomic E-state index is 0.565. The SMILES string of the molecule is CN(C)CCCN(C)c1ccc(C(F)(F)F)cc1N1CCCC1. The third-order valence-corrected chi connectivity index (χ3v) is 4.26. The molecule has 0 saturated carbocycles. The Hall–Kier alpha value is -1.43. The molecule has 0 amide bonds. The molecule has 0 bridgehead atoms. The van der Waals surface area contributed by atoms with Crippen molar-refractivity contribution in [2.45, 2.75) is 25.4 Å². The van der Waals surface area contributed by atoms with Crippen molar-refractivity contribution in [1.29, 1.82) is 0 Å². The van der Waals surface area contributed by atoms with Crippen LogP contribution in [0.1, 0.15) is 24.8 Å². The zero-order valence-corrected chi connectivity index (χ0v) is 14.2. The van der Waals surface area contributed by atoms with Crippen LogP contribution in [-0.2, 0) is 6.18 Å². The zero-order valence-electron chi connectivity index (χ0n) is 14.2. The summed E-state index contributed by atoms with van der Waals surface area (Å²) in [6.45, 7) is 3.45. The lowest BCUT2D eigenvalue weighted by atomic mass is 10.1. The van der Waals surface area contributed by atoms with E-state index in [4.69, 9.17) is 0 Å². The molecule has 0 aromatic heterocycles. The summed E-state index contributed by atoms with van der Waals surface area (Å²) in [7, 11) is 6.00. The standard InChI is InChI=1S/C17H26F3N3/c1-21(2)9-6-10-22(3)15-8-7-14(17(18,19)20)13-16(15)23-11-4-5-12-23/h7-8,13H,4-6,9-12H2,1-3H3. The highest BCUT2D eigenvalue weighted by molar-refractivity contribution is 5.72. The summed E-state index contributed by atoms with van der Waals surface area (Å²) in [6.07, 6.45) is -1.24. The summed E-state index contributed by atoms with van der Waals surface area (Å²) in [6, 6.07) is 4.12. The second-order valence-electron chi connectivity index (χ2n) is 6.47. The lowest BCUT2D eigenvalue weighted by Gasteiger charge is -2.29. The molecule has 1 fully saturated rings. The van der Waals surface area contributed by atoms with Crippen molar-refractivity contribution in [3.63, 3.8) is 0 Å². The predicted octanol–water partition coefficient (Wildman–Crippen LogP) is 3.69. The lowest BCUT2D eigenvalue weighted by molar-refractivity contribution is -0.137. The Balaban J connectivity index is 2.23. The normalized spacial score (nSPS) is 15.5. The van der Waals surface area contributed by atoms with Crippen LogP contribution in [0, 0.1) is 0 Å². The number of hydrogen-bond donors (Lipinski definition) is 0. The van der Waals surface area contributed by atoms with Crippen LogP contribution in [0.4, 0.5) is 24.5 Å². The van der Waals surface area contributed by atoms with Crippen LogP contribution < -0.4 is 9.80 Å². The van der Waals surface area contributed by atoms with Crippen LogP contribution in [-0.4, -0.2) is 52.2 Å². The summed E-state index contributed by atoms with van der Waals surface area (Å²) in [4.78, 5) is 6.26. The molecular formula is C17H26F3N3. The van der Waals surface area contributed by atoms with Crippen LogP contribution in [0.25, 0.3) is 0 Å². The Morgan fingerprint density at radius 3 is 2.26 bits per heavy atom. The molecule has 0 spiro atoms. The van der Waals surface area contributed by atoms with Crippen molar-refractivity contribution in [2.24, 2.45) is 0 Å². The summed E-state index contributed by atoms with van der Waals surface area (Å²) in [5.41, 5.74) is 1.04. The van der Waals surface area contributed by atoms with Gasteiger partial charge in [-0.1, -0.05) is 0 Å². The highest BCUT2D eigenvalue weighted by Gasteiger charge is 2.32. The van der Waals surface area contributed by atoms with Crippen molar-refractivity contribution in [3.05, 3.63) is 23.8 Å². The van der Waals surface area contributed by atoms with Crippen LogP contribution in [0.5, 0.6) is 0 Å². The molecule has 0 N–H and O–H groups in total. The number of hydrogen-bond acceptors (Lipinski definition) is 3. The van der Waals surface area contributed by atoms with E-state index < -0.39 is 11.7 Å². The fraction of sp³-hybridized carbons (Fsp3) is 0.647. The van der Waals surface area contributed by atoms with Gasteiger partial charge in [0.2, 0.25) is 0 Å². The average Bonchev–Trinajstić information content (AvgIpc) is 2.99. The lowest BCUT2D eigenvalue weighted by Crippen LogP contribution is -2.27. The number of benzene rings is 1. The first-order valence-corrected chi connectivity index (χ1v) is 8.11. The monoisotopic (exact) mass is 329 g/mol. The molecule has 0 atom stereocenters. The molecule has 0 radical (unpaired) electrons. The van der Waals surface area contributed by atoms with E-state index in [1.165, 1.54) is 12.1 Å². The van der Waals surface area contributed by atoms with Gasteiger partial charge in [0.05, 0.1) is 16.9 Å².